The molecule has 0 aliphatic heterocycles. The average Bonchev–Trinajstić information content (AvgIpc) is 2.85. The lowest BCUT2D eigenvalue weighted by molar-refractivity contribution is 0.517. The summed E-state index contributed by atoms with van der Waals surface area (Å²) in [7, 11) is 0. The van der Waals surface area contributed by atoms with Gasteiger partial charge in [0, 0.05) is 12.1 Å². The first-order valence-corrected chi connectivity index (χ1v) is 6.06. The van der Waals surface area contributed by atoms with Crippen molar-refractivity contribution in [1.82, 2.24) is 9.97 Å². The van der Waals surface area contributed by atoms with Crippen LogP contribution < -0.4 is 10.6 Å². The van der Waals surface area contributed by atoms with Gasteiger partial charge >= 0.3 is 0 Å². The van der Waals surface area contributed by atoms with E-state index in [9.17, 15) is 0 Å². The maximum Gasteiger partial charge on any atom is 0.135 e. The number of rotatable bonds is 5. The molecule has 5 heteroatoms. The molecule has 0 aromatic carbocycles. The van der Waals surface area contributed by atoms with E-state index in [4.69, 9.17) is 4.42 Å². The molecule has 0 spiro atoms. The lowest BCUT2D eigenvalue weighted by atomic mass is 10.3. The predicted molar refractivity (Wildman–Crippen MR) is 71.7 cm³/mol. The highest BCUT2D eigenvalue weighted by molar-refractivity contribution is 5.57. The Morgan fingerprint density at radius 3 is 2.50 bits per heavy atom. The van der Waals surface area contributed by atoms with Gasteiger partial charge in [-0.3, -0.25) is 0 Å². The zero-order valence-electron chi connectivity index (χ0n) is 10.9. The number of anilines is 2. The van der Waals surface area contributed by atoms with Gasteiger partial charge in [0.05, 0.1) is 12.8 Å². The van der Waals surface area contributed by atoms with Crippen molar-refractivity contribution in [3.63, 3.8) is 0 Å². The topological polar surface area (TPSA) is 63.0 Å². The molecule has 5 nitrogen and oxygen atoms in total. The molecule has 0 unspecified atom stereocenters. The molecule has 0 bridgehead atoms. The SMILES string of the molecule is CCNc1nc(C)nc(NCc2ccco2)c1C. The third-order valence-corrected chi connectivity index (χ3v) is 2.61. The Labute approximate surface area is 107 Å². The lowest BCUT2D eigenvalue weighted by Gasteiger charge is -2.12. The first-order chi connectivity index (χ1) is 8.70. The third kappa shape index (κ3) is 2.80. The fourth-order valence-corrected chi connectivity index (χ4v) is 1.72. The number of aryl methyl sites for hydroxylation is 1. The third-order valence-electron chi connectivity index (χ3n) is 2.61. The number of furan rings is 1. The van der Waals surface area contributed by atoms with Crippen LogP contribution in [0.5, 0.6) is 0 Å². The number of nitrogens with one attached hydrogen (secondary N) is 2. The Morgan fingerprint density at radius 2 is 1.89 bits per heavy atom. The maximum absolute atomic E-state index is 5.28. The van der Waals surface area contributed by atoms with Gasteiger partial charge in [0.25, 0.3) is 0 Å². The van der Waals surface area contributed by atoms with E-state index in [0.29, 0.717) is 6.54 Å². The molecule has 96 valence electrons. The normalized spacial score (nSPS) is 10.4. The van der Waals surface area contributed by atoms with Gasteiger partial charge in [-0.1, -0.05) is 0 Å². The molecule has 0 aliphatic carbocycles. The molecule has 0 radical (unpaired) electrons. The van der Waals surface area contributed by atoms with Crippen molar-refractivity contribution in [3.05, 3.63) is 35.5 Å². The van der Waals surface area contributed by atoms with Crippen molar-refractivity contribution in [1.29, 1.82) is 0 Å². The van der Waals surface area contributed by atoms with Crippen LogP contribution in [0.15, 0.2) is 22.8 Å². The van der Waals surface area contributed by atoms with E-state index in [1.165, 1.54) is 0 Å². The van der Waals surface area contributed by atoms with E-state index in [0.717, 1.165) is 35.3 Å². The molecule has 2 aromatic heterocycles. The summed E-state index contributed by atoms with van der Waals surface area (Å²) < 4.78 is 5.28. The molecule has 0 atom stereocenters. The quantitative estimate of drug-likeness (QED) is 0.849. The summed E-state index contributed by atoms with van der Waals surface area (Å²) in [6, 6.07) is 3.81. The van der Waals surface area contributed by atoms with Crippen LogP contribution in [0.1, 0.15) is 24.1 Å². The van der Waals surface area contributed by atoms with Crippen LogP contribution >= 0.6 is 0 Å². The first-order valence-electron chi connectivity index (χ1n) is 6.06. The van der Waals surface area contributed by atoms with Crippen LogP contribution in [0.3, 0.4) is 0 Å². The second-order valence-corrected chi connectivity index (χ2v) is 4.06. The highest BCUT2D eigenvalue weighted by Crippen LogP contribution is 2.20. The van der Waals surface area contributed by atoms with Crippen molar-refractivity contribution in [2.45, 2.75) is 27.3 Å². The fraction of sp³-hybridized carbons (Fsp3) is 0.385. The molecular formula is C13H18N4O. The predicted octanol–water partition coefficient (Wildman–Crippen LogP) is 2.73. The Morgan fingerprint density at radius 1 is 1.17 bits per heavy atom. The van der Waals surface area contributed by atoms with Crippen molar-refractivity contribution in [2.24, 2.45) is 0 Å². The maximum atomic E-state index is 5.28. The van der Waals surface area contributed by atoms with Gasteiger partial charge in [-0.15, -0.1) is 0 Å². The summed E-state index contributed by atoms with van der Waals surface area (Å²) in [6.07, 6.45) is 1.67. The van der Waals surface area contributed by atoms with E-state index >= 15 is 0 Å². The lowest BCUT2D eigenvalue weighted by Crippen LogP contribution is -2.09. The van der Waals surface area contributed by atoms with E-state index in [1.807, 2.05) is 32.9 Å². The molecule has 0 aliphatic rings. The summed E-state index contributed by atoms with van der Waals surface area (Å²) in [5.41, 5.74) is 1.02. The van der Waals surface area contributed by atoms with Gasteiger partial charge in [-0.25, -0.2) is 9.97 Å². The first kappa shape index (κ1) is 12.4. The van der Waals surface area contributed by atoms with Crippen LogP contribution in [0.25, 0.3) is 0 Å². The van der Waals surface area contributed by atoms with E-state index < -0.39 is 0 Å². The average molecular weight is 246 g/mol. The smallest absolute Gasteiger partial charge is 0.135 e. The number of hydrogen-bond acceptors (Lipinski definition) is 5. The van der Waals surface area contributed by atoms with Crippen LogP contribution in [-0.4, -0.2) is 16.5 Å². The fourth-order valence-electron chi connectivity index (χ4n) is 1.72. The zero-order valence-corrected chi connectivity index (χ0v) is 10.9. The molecular weight excluding hydrogens is 228 g/mol. The summed E-state index contributed by atoms with van der Waals surface area (Å²) in [4.78, 5) is 8.79. The van der Waals surface area contributed by atoms with Crippen molar-refractivity contribution in [2.75, 3.05) is 17.2 Å². The van der Waals surface area contributed by atoms with Gasteiger partial charge in [0.15, 0.2) is 0 Å². The molecule has 0 saturated carbocycles. The number of nitrogens with zero attached hydrogens (tertiary/aromatic N) is 2. The Hall–Kier alpha value is -2.04. The largest absolute Gasteiger partial charge is 0.467 e. The van der Waals surface area contributed by atoms with Crippen LogP contribution in [0.2, 0.25) is 0 Å². The summed E-state index contributed by atoms with van der Waals surface area (Å²) in [5.74, 6) is 3.36. The van der Waals surface area contributed by atoms with Crippen LogP contribution in [-0.2, 0) is 6.54 Å². The zero-order chi connectivity index (χ0) is 13.0. The monoisotopic (exact) mass is 246 g/mol. The molecule has 0 fully saturated rings. The summed E-state index contributed by atoms with van der Waals surface area (Å²) >= 11 is 0. The van der Waals surface area contributed by atoms with E-state index in [-0.39, 0.29) is 0 Å². The van der Waals surface area contributed by atoms with Crippen molar-refractivity contribution in [3.8, 4) is 0 Å². The summed E-state index contributed by atoms with van der Waals surface area (Å²) in [5, 5.41) is 6.51. The minimum Gasteiger partial charge on any atom is -0.467 e. The standard InChI is InChI=1S/C13H18N4O/c1-4-14-12-9(2)13(17-10(3)16-12)15-8-11-6-5-7-18-11/h5-7H,4,8H2,1-3H3,(H2,14,15,16,17). The van der Waals surface area contributed by atoms with Crippen LogP contribution in [0, 0.1) is 13.8 Å². The van der Waals surface area contributed by atoms with Crippen molar-refractivity contribution < 1.29 is 4.42 Å². The molecule has 2 heterocycles. The molecule has 2 N–H and O–H groups in total. The second-order valence-electron chi connectivity index (χ2n) is 4.06. The Kier molecular flexibility index (Phi) is 3.82. The highest BCUT2D eigenvalue weighted by atomic mass is 16.3. The van der Waals surface area contributed by atoms with E-state index in [2.05, 4.69) is 20.6 Å². The minimum atomic E-state index is 0.621. The summed E-state index contributed by atoms with van der Waals surface area (Å²) in [6.45, 7) is 7.40. The van der Waals surface area contributed by atoms with Crippen LogP contribution in [0.4, 0.5) is 11.6 Å². The molecule has 0 amide bonds. The Balaban J connectivity index is 2.16. The highest BCUT2D eigenvalue weighted by Gasteiger charge is 2.08. The van der Waals surface area contributed by atoms with Crippen molar-refractivity contribution >= 4 is 11.6 Å². The Bertz CT molecular complexity index is 508. The molecule has 0 saturated heterocycles. The van der Waals surface area contributed by atoms with Gasteiger partial charge in [-0.05, 0) is 32.9 Å². The second kappa shape index (κ2) is 5.53. The molecule has 2 rings (SSSR count). The van der Waals surface area contributed by atoms with Gasteiger partial charge in [-0.2, -0.15) is 0 Å². The van der Waals surface area contributed by atoms with Gasteiger partial charge < -0.3 is 15.1 Å². The van der Waals surface area contributed by atoms with Gasteiger partial charge in [0.1, 0.15) is 23.2 Å². The van der Waals surface area contributed by atoms with E-state index in [1.54, 1.807) is 6.26 Å². The van der Waals surface area contributed by atoms with Gasteiger partial charge in [0.2, 0.25) is 0 Å². The number of hydrogen-bond donors (Lipinski definition) is 2. The number of aromatic nitrogens is 2. The molecule has 18 heavy (non-hydrogen) atoms. The minimum absolute atomic E-state index is 0.621. The molecule has 2 aromatic rings.